The number of hydrogen-bond donors (Lipinski definition) is 0. The molecule has 0 radical (unpaired) electrons. The highest BCUT2D eigenvalue weighted by Crippen LogP contribution is 2.42. The van der Waals surface area contributed by atoms with Gasteiger partial charge in [0.05, 0.1) is 43.2 Å². The van der Waals surface area contributed by atoms with Gasteiger partial charge in [0.25, 0.3) is 5.91 Å². The summed E-state index contributed by atoms with van der Waals surface area (Å²) in [7, 11) is 1.34. The Morgan fingerprint density at radius 1 is 0.977 bits per heavy atom. The number of morpholine rings is 1. The van der Waals surface area contributed by atoms with Gasteiger partial charge in [-0.2, -0.15) is 18.4 Å². The van der Waals surface area contributed by atoms with Crippen molar-refractivity contribution in [2.45, 2.75) is 19.0 Å². The Morgan fingerprint density at radius 2 is 1.72 bits per heavy atom. The summed E-state index contributed by atoms with van der Waals surface area (Å²) in [6, 6.07) is 13.5. The number of unbranched alkanes of at least 4 members (excludes halogenated alkanes) is 1. The molecular formula is C32H29F4N3O4. The number of alkyl halides is 3. The van der Waals surface area contributed by atoms with Crippen LogP contribution in [-0.4, -0.2) is 57.3 Å². The first-order chi connectivity index (χ1) is 20.7. The van der Waals surface area contributed by atoms with Crippen molar-refractivity contribution >= 4 is 23.2 Å². The van der Waals surface area contributed by atoms with E-state index in [9.17, 15) is 22.4 Å². The maximum absolute atomic E-state index is 14.3. The largest absolute Gasteiger partial charge is 0.493 e. The number of methoxy groups -OCH3 is 1. The second-order valence-corrected chi connectivity index (χ2v) is 10.2. The summed E-state index contributed by atoms with van der Waals surface area (Å²) in [6.07, 6.45) is -1.49. The van der Waals surface area contributed by atoms with Crippen molar-refractivity contribution in [3.05, 3.63) is 82.7 Å². The Labute approximate surface area is 246 Å². The molecule has 0 spiro atoms. The number of benzene rings is 3. The van der Waals surface area contributed by atoms with Gasteiger partial charge in [0.2, 0.25) is 0 Å². The monoisotopic (exact) mass is 595 g/mol. The first kappa shape index (κ1) is 30.1. The van der Waals surface area contributed by atoms with Gasteiger partial charge in [0.15, 0.2) is 11.5 Å². The lowest BCUT2D eigenvalue weighted by Gasteiger charge is -2.26. The normalized spacial score (nSPS) is 16.3. The van der Waals surface area contributed by atoms with E-state index in [0.717, 1.165) is 57.8 Å². The van der Waals surface area contributed by atoms with Crippen LogP contribution in [0, 0.1) is 17.1 Å². The van der Waals surface area contributed by atoms with Gasteiger partial charge in [-0.3, -0.25) is 9.69 Å². The summed E-state index contributed by atoms with van der Waals surface area (Å²) in [6.45, 7) is 4.61. The first-order valence-corrected chi connectivity index (χ1v) is 13.8. The van der Waals surface area contributed by atoms with Crippen LogP contribution in [0.25, 0.3) is 11.6 Å². The number of ether oxygens (including phenoxy) is 3. The van der Waals surface area contributed by atoms with E-state index in [1.165, 1.54) is 37.4 Å². The van der Waals surface area contributed by atoms with Crippen LogP contribution in [0.4, 0.5) is 23.2 Å². The van der Waals surface area contributed by atoms with E-state index in [2.05, 4.69) is 4.90 Å². The fourth-order valence-electron chi connectivity index (χ4n) is 5.17. The molecule has 224 valence electrons. The predicted octanol–water partition coefficient (Wildman–Crippen LogP) is 6.52. The fraction of sp³-hybridized carbons (Fsp3) is 0.312. The van der Waals surface area contributed by atoms with E-state index in [4.69, 9.17) is 19.5 Å². The smallest absolute Gasteiger partial charge is 0.420 e. The van der Waals surface area contributed by atoms with E-state index >= 15 is 0 Å². The lowest BCUT2D eigenvalue weighted by molar-refractivity contribution is -0.138. The molecule has 3 aromatic rings. The molecule has 43 heavy (non-hydrogen) atoms. The van der Waals surface area contributed by atoms with Crippen molar-refractivity contribution in [3.63, 3.8) is 0 Å². The van der Waals surface area contributed by atoms with Gasteiger partial charge in [0, 0.05) is 30.8 Å². The summed E-state index contributed by atoms with van der Waals surface area (Å²) < 4.78 is 71.6. The lowest BCUT2D eigenvalue weighted by atomic mass is 10.0. The molecule has 0 unspecified atom stereocenters. The van der Waals surface area contributed by atoms with Gasteiger partial charge in [-0.05, 0) is 79.6 Å². The molecule has 0 aromatic heterocycles. The molecule has 0 saturated carbocycles. The minimum Gasteiger partial charge on any atom is -0.493 e. The van der Waals surface area contributed by atoms with Gasteiger partial charge >= 0.3 is 6.18 Å². The lowest BCUT2D eigenvalue weighted by Crippen LogP contribution is -2.37. The molecule has 0 N–H and O–H groups in total. The van der Waals surface area contributed by atoms with Crippen LogP contribution in [0.1, 0.15) is 35.1 Å². The van der Waals surface area contributed by atoms with Gasteiger partial charge in [-0.1, -0.05) is 6.07 Å². The molecule has 0 atom stereocenters. The molecular weight excluding hydrogens is 566 g/mol. The number of anilines is 1. The maximum atomic E-state index is 14.3. The summed E-state index contributed by atoms with van der Waals surface area (Å²) >= 11 is 0. The van der Waals surface area contributed by atoms with Gasteiger partial charge in [-0.25, -0.2) is 4.39 Å². The number of rotatable bonds is 9. The molecule has 1 fully saturated rings. The number of carbonyl (C=O) groups is 1. The highest BCUT2D eigenvalue weighted by Gasteiger charge is 2.35. The quantitative estimate of drug-likeness (QED) is 0.159. The van der Waals surface area contributed by atoms with Crippen LogP contribution < -0.4 is 14.4 Å². The first-order valence-electron chi connectivity index (χ1n) is 13.8. The minimum atomic E-state index is -4.75. The fourth-order valence-corrected chi connectivity index (χ4v) is 5.17. The maximum Gasteiger partial charge on any atom is 0.420 e. The Morgan fingerprint density at radius 3 is 2.44 bits per heavy atom. The predicted molar refractivity (Wildman–Crippen MR) is 152 cm³/mol. The van der Waals surface area contributed by atoms with Gasteiger partial charge in [-0.15, -0.1) is 0 Å². The number of amides is 1. The molecule has 2 aliphatic rings. The molecule has 2 heterocycles. The van der Waals surface area contributed by atoms with Gasteiger partial charge < -0.3 is 19.1 Å². The van der Waals surface area contributed by atoms with Crippen molar-refractivity contribution in [3.8, 4) is 23.3 Å². The van der Waals surface area contributed by atoms with E-state index in [-0.39, 0.29) is 23.0 Å². The summed E-state index contributed by atoms with van der Waals surface area (Å²) in [5.41, 5.74) is 0.636. The molecule has 1 amide bonds. The highest BCUT2D eigenvalue weighted by molar-refractivity contribution is 6.35. The Hall–Kier alpha value is -4.40. The number of nitrogens with zero attached hydrogens (tertiary/aromatic N) is 3. The van der Waals surface area contributed by atoms with Crippen LogP contribution in [-0.2, 0) is 15.7 Å². The van der Waals surface area contributed by atoms with Crippen LogP contribution in [0.3, 0.4) is 0 Å². The number of carbonyl (C=O) groups excluding carboxylic acids is 1. The van der Waals surface area contributed by atoms with Crippen molar-refractivity contribution in [2.24, 2.45) is 0 Å². The van der Waals surface area contributed by atoms with Crippen molar-refractivity contribution in [1.82, 2.24) is 4.90 Å². The van der Waals surface area contributed by atoms with Crippen LogP contribution >= 0.6 is 0 Å². The van der Waals surface area contributed by atoms with Crippen LogP contribution in [0.2, 0.25) is 0 Å². The van der Waals surface area contributed by atoms with E-state index in [0.29, 0.717) is 28.9 Å². The Balaban J connectivity index is 1.37. The molecule has 3 aromatic carbocycles. The van der Waals surface area contributed by atoms with Crippen molar-refractivity contribution in [2.75, 3.05) is 51.4 Å². The topological polar surface area (TPSA) is 75.0 Å². The molecule has 2 aliphatic heterocycles. The third-order valence-electron chi connectivity index (χ3n) is 7.36. The zero-order chi connectivity index (χ0) is 30.6. The Kier molecular flexibility index (Phi) is 8.99. The molecule has 0 aliphatic carbocycles. The summed E-state index contributed by atoms with van der Waals surface area (Å²) in [4.78, 5) is 17.5. The summed E-state index contributed by atoms with van der Waals surface area (Å²) in [5, 5.41) is 9.02. The van der Waals surface area contributed by atoms with Crippen LogP contribution in [0.5, 0.6) is 17.2 Å². The standard InChI is InChI=1S/C32H29F4N3O4/c1-41-30-18-21(4-9-29(30)43-28-8-5-22(20-37)17-26(28)32(34,35)36)16-25-24-19-23(33)6-7-27(24)39(31(25)40)11-3-2-10-38-12-14-42-15-13-38/h4-9,16-19H,2-3,10-15H2,1H3. The molecule has 0 bridgehead atoms. The zero-order valence-electron chi connectivity index (χ0n) is 23.4. The molecule has 1 saturated heterocycles. The van der Waals surface area contributed by atoms with E-state index < -0.39 is 23.3 Å². The molecule has 11 heteroatoms. The number of nitriles is 1. The molecule has 7 nitrogen and oxygen atoms in total. The number of hydrogen-bond acceptors (Lipinski definition) is 6. The second-order valence-electron chi connectivity index (χ2n) is 10.2. The second kappa shape index (κ2) is 12.9. The Bertz CT molecular complexity index is 1580. The number of halogens is 4. The SMILES string of the molecule is COc1cc(C=C2C(=O)N(CCCCN3CCOCC3)c3ccc(F)cc32)ccc1Oc1ccc(C#N)cc1C(F)(F)F. The third kappa shape index (κ3) is 6.82. The van der Waals surface area contributed by atoms with E-state index in [1.54, 1.807) is 29.2 Å². The van der Waals surface area contributed by atoms with Crippen LogP contribution in [0.15, 0.2) is 54.6 Å². The average Bonchev–Trinajstić information content (AvgIpc) is 3.25. The third-order valence-corrected chi connectivity index (χ3v) is 7.36. The van der Waals surface area contributed by atoms with E-state index in [1.807, 2.05) is 0 Å². The van der Waals surface area contributed by atoms with Crippen molar-refractivity contribution in [1.29, 1.82) is 5.26 Å². The minimum absolute atomic E-state index is 0.00550. The number of fused-ring (bicyclic) bond motifs is 1. The zero-order valence-corrected chi connectivity index (χ0v) is 23.4. The average molecular weight is 596 g/mol. The summed E-state index contributed by atoms with van der Waals surface area (Å²) in [5.74, 6) is -1.10. The molecule has 5 rings (SSSR count). The van der Waals surface area contributed by atoms with Crippen molar-refractivity contribution < 1.29 is 36.6 Å². The highest BCUT2D eigenvalue weighted by atomic mass is 19.4. The van der Waals surface area contributed by atoms with Gasteiger partial charge in [0.1, 0.15) is 11.6 Å².